The Labute approximate surface area is 159 Å². The highest BCUT2D eigenvalue weighted by molar-refractivity contribution is 5.88. The molecular weight excluding hydrogens is 342 g/mol. The minimum atomic E-state index is -1.20. The van der Waals surface area contributed by atoms with Crippen LogP contribution in [0.2, 0.25) is 0 Å². The molecule has 1 saturated heterocycles. The van der Waals surface area contributed by atoms with Gasteiger partial charge < -0.3 is 15.5 Å². The van der Waals surface area contributed by atoms with Gasteiger partial charge in [0.2, 0.25) is 0 Å². The highest BCUT2D eigenvalue weighted by atomic mass is 16.4. The van der Waals surface area contributed by atoms with Gasteiger partial charge in [-0.2, -0.15) is 0 Å². The normalized spacial score (nSPS) is 17.7. The molecule has 0 saturated carbocycles. The number of carboxylic acid groups (broad SMARTS) is 1. The zero-order chi connectivity index (χ0) is 19.1. The van der Waals surface area contributed by atoms with E-state index in [1.807, 2.05) is 6.07 Å². The Morgan fingerprint density at radius 1 is 1.22 bits per heavy atom. The molecule has 0 radical (unpaired) electrons. The number of aromatic nitrogens is 1. The van der Waals surface area contributed by atoms with Crippen LogP contribution in [-0.2, 0) is 12.8 Å². The third kappa shape index (κ3) is 5.28. The summed E-state index contributed by atoms with van der Waals surface area (Å²) in [6.07, 6.45) is 5.06. The van der Waals surface area contributed by atoms with Crippen molar-refractivity contribution >= 4 is 5.97 Å². The van der Waals surface area contributed by atoms with Gasteiger partial charge >= 0.3 is 5.97 Å². The summed E-state index contributed by atoms with van der Waals surface area (Å²) >= 11 is 0. The van der Waals surface area contributed by atoms with E-state index in [2.05, 4.69) is 39.5 Å². The van der Waals surface area contributed by atoms with E-state index < -0.39 is 5.97 Å². The van der Waals surface area contributed by atoms with Crippen LogP contribution in [0.15, 0.2) is 42.6 Å². The molecule has 0 aliphatic carbocycles. The Bertz CT molecular complexity index is 752. The summed E-state index contributed by atoms with van der Waals surface area (Å²) in [6, 6.07) is 12.8. The first-order valence-corrected chi connectivity index (χ1v) is 9.54. The van der Waals surface area contributed by atoms with Crippen LogP contribution in [0.5, 0.6) is 5.75 Å². The predicted molar refractivity (Wildman–Crippen MR) is 104 cm³/mol. The van der Waals surface area contributed by atoms with E-state index in [9.17, 15) is 9.90 Å². The zero-order valence-corrected chi connectivity index (χ0v) is 15.5. The first-order valence-electron chi connectivity index (χ1n) is 9.54. The van der Waals surface area contributed by atoms with Crippen LogP contribution in [-0.4, -0.2) is 58.3 Å². The summed E-state index contributed by atoms with van der Waals surface area (Å²) in [4.78, 5) is 17.3. The summed E-state index contributed by atoms with van der Waals surface area (Å²) in [5.74, 6) is -1.40. The average molecular weight is 369 g/mol. The van der Waals surface area contributed by atoms with E-state index in [0.717, 1.165) is 45.4 Å². The second-order valence-corrected chi connectivity index (χ2v) is 7.01. The maximum absolute atomic E-state index is 11.1. The van der Waals surface area contributed by atoms with Crippen molar-refractivity contribution < 1.29 is 15.0 Å². The number of benzene rings is 1. The van der Waals surface area contributed by atoms with Crippen LogP contribution in [0.3, 0.4) is 0 Å². The fraction of sp³-hybridized carbons (Fsp3) is 0.429. The molecule has 3 N–H and O–H groups in total. The molecule has 0 bridgehead atoms. The fourth-order valence-electron chi connectivity index (χ4n) is 3.67. The first-order chi connectivity index (χ1) is 13.1. The molecule has 27 heavy (non-hydrogen) atoms. The number of aromatic hydroxyl groups is 1. The van der Waals surface area contributed by atoms with Gasteiger partial charge in [0.1, 0.15) is 0 Å². The van der Waals surface area contributed by atoms with Crippen LogP contribution in [0.1, 0.15) is 34.5 Å². The number of hydrogen-bond donors (Lipinski definition) is 3. The third-order valence-corrected chi connectivity index (χ3v) is 5.14. The van der Waals surface area contributed by atoms with Gasteiger partial charge in [0.25, 0.3) is 0 Å². The number of carboxylic acids is 1. The Morgan fingerprint density at radius 3 is 2.81 bits per heavy atom. The number of pyridine rings is 1. The van der Waals surface area contributed by atoms with Gasteiger partial charge in [0.15, 0.2) is 11.4 Å². The van der Waals surface area contributed by atoms with Gasteiger partial charge in [-0.3, -0.25) is 4.90 Å². The Morgan fingerprint density at radius 2 is 2.04 bits per heavy atom. The Kier molecular flexibility index (Phi) is 6.79. The summed E-state index contributed by atoms with van der Waals surface area (Å²) in [6.45, 7) is 4.07. The number of nitrogens with one attached hydrogen (secondary N) is 1. The maximum Gasteiger partial charge on any atom is 0.358 e. The lowest BCUT2D eigenvalue weighted by Gasteiger charge is -2.36. The molecule has 1 atom stereocenters. The van der Waals surface area contributed by atoms with E-state index in [1.54, 1.807) is 6.07 Å². The molecule has 1 aliphatic rings. The number of aromatic carboxylic acids is 1. The van der Waals surface area contributed by atoms with Crippen molar-refractivity contribution in [2.45, 2.75) is 31.7 Å². The van der Waals surface area contributed by atoms with Crippen molar-refractivity contribution in [3.05, 3.63) is 59.4 Å². The SMILES string of the molecule is O=C(O)c1nccc(CCCCN2CCNCC2Cc2ccccc2)c1O. The number of piperazine rings is 1. The fourth-order valence-corrected chi connectivity index (χ4v) is 3.67. The Hall–Kier alpha value is -2.44. The lowest BCUT2D eigenvalue weighted by Crippen LogP contribution is -2.52. The highest BCUT2D eigenvalue weighted by Gasteiger charge is 2.22. The van der Waals surface area contributed by atoms with Gasteiger partial charge in [0.05, 0.1) is 0 Å². The van der Waals surface area contributed by atoms with Crippen LogP contribution in [0.25, 0.3) is 0 Å². The molecule has 1 fully saturated rings. The summed E-state index contributed by atoms with van der Waals surface area (Å²) in [5, 5.41) is 22.6. The maximum atomic E-state index is 11.1. The molecule has 0 spiro atoms. The molecule has 144 valence electrons. The lowest BCUT2D eigenvalue weighted by molar-refractivity contribution is 0.0686. The first kappa shape index (κ1) is 19.3. The van der Waals surface area contributed by atoms with Crippen molar-refractivity contribution in [3.8, 4) is 5.75 Å². The van der Waals surface area contributed by atoms with Gasteiger partial charge in [0, 0.05) is 31.9 Å². The van der Waals surface area contributed by atoms with Crippen LogP contribution >= 0.6 is 0 Å². The van der Waals surface area contributed by atoms with Crippen molar-refractivity contribution in [1.29, 1.82) is 0 Å². The van der Waals surface area contributed by atoms with Crippen molar-refractivity contribution in [2.75, 3.05) is 26.2 Å². The largest absolute Gasteiger partial charge is 0.505 e. The predicted octanol–water partition coefficient (Wildman–Crippen LogP) is 2.32. The number of carbonyl (C=O) groups is 1. The molecule has 1 unspecified atom stereocenters. The minimum absolute atomic E-state index is 0.200. The van der Waals surface area contributed by atoms with E-state index in [4.69, 9.17) is 5.11 Å². The third-order valence-electron chi connectivity index (χ3n) is 5.14. The molecule has 1 aromatic carbocycles. The molecular formula is C21H27N3O3. The van der Waals surface area contributed by atoms with E-state index >= 15 is 0 Å². The molecule has 6 heteroatoms. The number of nitrogens with zero attached hydrogens (tertiary/aromatic N) is 2. The second kappa shape index (κ2) is 9.48. The second-order valence-electron chi connectivity index (χ2n) is 7.01. The quantitative estimate of drug-likeness (QED) is 0.619. The van der Waals surface area contributed by atoms with Gasteiger partial charge in [-0.25, -0.2) is 9.78 Å². The average Bonchev–Trinajstić information content (AvgIpc) is 2.68. The van der Waals surface area contributed by atoms with Crippen LogP contribution < -0.4 is 5.32 Å². The lowest BCUT2D eigenvalue weighted by atomic mass is 10.0. The molecule has 2 heterocycles. The number of hydrogen-bond acceptors (Lipinski definition) is 5. The smallest absolute Gasteiger partial charge is 0.358 e. The summed E-state index contributed by atoms with van der Waals surface area (Å²) in [7, 11) is 0. The number of aryl methyl sites for hydroxylation is 1. The molecule has 2 aromatic rings. The van der Waals surface area contributed by atoms with Crippen LogP contribution in [0, 0.1) is 0 Å². The summed E-state index contributed by atoms with van der Waals surface area (Å²) < 4.78 is 0. The molecule has 6 nitrogen and oxygen atoms in total. The van der Waals surface area contributed by atoms with Gasteiger partial charge in [-0.05, 0) is 49.4 Å². The zero-order valence-electron chi connectivity index (χ0n) is 15.5. The number of unbranched alkanes of at least 4 members (excludes halogenated alkanes) is 1. The van der Waals surface area contributed by atoms with Gasteiger partial charge in [-0.1, -0.05) is 30.3 Å². The highest BCUT2D eigenvalue weighted by Crippen LogP contribution is 2.22. The van der Waals surface area contributed by atoms with E-state index in [1.165, 1.54) is 11.8 Å². The number of rotatable bonds is 8. The topological polar surface area (TPSA) is 85.7 Å². The van der Waals surface area contributed by atoms with Gasteiger partial charge in [-0.15, -0.1) is 0 Å². The molecule has 1 aromatic heterocycles. The van der Waals surface area contributed by atoms with Crippen molar-refractivity contribution in [3.63, 3.8) is 0 Å². The van der Waals surface area contributed by atoms with E-state index in [0.29, 0.717) is 18.0 Å². The van der Waals surface area contributed by atoms with Crippen LogP contribution in [0.4, 0.5) is 0 Å². The minimum Gasteiger partial charge on any atom is -0.505 e. The molecule has 0 amide bonds. The monoisotopic (exact) mass is 369 g/mol. The van der Waals surface area contributed by atoms with Crippen molar-refractivity contribution in [1.82, 2.24) is 15.2 Å². The van der Waals surface area contributed by atoms with Crippen molar-refractivity contribution in [2.24, 2.45) is 0 Å². The van der Waals surface area contributed by atoms with E-state index in [-0.39, 0.29) is 11.4 Å². The standard InChI is InChI=1S/C21H27N3O3/c25-20-17(9-10-23-19(20)21(26)27)8-4-5-12-24-13-11-22-15-18(24)14-16-6-2-1-3-7-16/h1-3,6-7,9-10,18,22,25H,4-5,8,11-15H2,(H,26,27). The summed E-state index contributed by atoms with van der Waals surface area (Å²) in [5.41, 5.74) is 1.75. The Balaban J connectivity index is 1.50. The molecule has 1 aliphatic heterocycles. The molecule has 3 rings (SSSR count).